The van der Waals surface area contributed by atoms with Crippen LogP contribution in [0.2, 0.25) is 0 Å². The van der Waals surface area contributed by atoms with Crippen LogP contribution in [0.4, 0.5) is 0 Å². The smallest absolute Gasteiger partial charge is 0.220 e. The third kappa shape index (κ3) is 6.02. The molecule has 0 radical (unpaired) electrons. The Balaban J connectivity index is 2.17. The van der Waals surface area contributed by atoms with Crippen LogP contribution in [0.25, 0.3) is 0 Å². The van der Waals surface area contributed by atoms with Crippen molar-refractivity contribution in [2.24, 2.45) is 5.92 Å². The number of nitrogens with zero attached hydrogens (tertiary/aromatic N) is 1. The third-order valence-corrected chi connectivity index (χ3v) is 2.66. The molecule has 0 aliphatic rings. The second kappa shape index (κ2) is 7.79. The van der Waals surface area contributed by atoms with Crippen molar-refractivity contribution in [1.29, 1.82) is 0 Å². The van der Waals surface area contributed by atoms with E-state index in [1.807, 2.05) is 19.1 Å². The zero-order valence-electron chi connectivity index (χ0n) is 10.2. The number of hydrogen-bond acceptors (Lipinski definition) is 3. The summed E-state index contributed by atoms with van der Waals surface area (Å²) in [6.45, 7) is 2.82. The number of aliphatic hydroxyl groups is 1. The Bertz CT molecular complexity index is 327. The molecule has 1 rings (SSSR count). The summed E-state index contributed by atoms with van der Waals surface area (Å²) in [5, 5.41) is 11.6. The molecule has 0 aliphatic heterocycles. The monoisotopic (exact) mass is 236 g/mol. The quantitative estimate of drug-likeness (QED) is 0.746. The number of carbonyl (C=O) groups excluding carboxylic acids is 1. The summed E-state index contributed by atoms with van der Waals surface area (Å²) in [5.74, 6) is 0.386. The van der Waals surface area contributed by atoms with Crippen LogP contribution in [-0.4, -0.2) is 29.1 Å². The molecule has 94 valence electrons. The summed E-state index contributed by atoms with van der Waals surface area (Å²) < 4.78 is 0. The van der Waals surface area contributed by atoms with Crippen molar-refractivity contribution in [3.05, 3.63) is 30.1 Å². The van der Waals surface area contributed by atoms with Crippen LogP contribution in [0.1, 0.15) is 25.3 Å². The topological polar surface area (TPSA) is 62.2 Å². The number of nitrogens with one attached hydrogen (secondary N) is 1. The van der Waals surface area contributed by atoms with Gasteiger partial charge < -0.3 is 10.4 Å². The molecule has 1 atom stereocenters. The lowest BCUT2D eigenvalue weighted by Gasteiger charge is -2.10. The predicted molar refractivity (Wildman–Crippen MR) is 66.4 cm³/mol. The first kappa shape index (κ1) is 13.6. The number of amides is 1. The predicted octanol–water partition coefficient (Wildman–Crippen LogP) is 1.15. The van der Waals surface area contributed by atoms with E-state index >= 15 is 0 Å². The van der Waals surface area contributed by atoms with E-state index in [0.29, 0.717) is 18.9 Å². The maximum Gasteiger partial charge on any atom is 0.220 e. The fourth-order valence-corrected chi connectivity index (χ4v) is 1.51. The molecular weight excluding hydrogens is 216 g/mol. The molecule has 0 saturated carbocycles. The fourth-order valence-electron chi connectivity index (χ4n) is 1.51. The first-order valence-electron chi connectivity index (χ1n) is 5.99. The van der Waals surface area contributed by atoms with E-state index in [1.54, 1.807) is 12.4 Å². The Kier molecular flexibility index (Phi) is 6.25. The average molecular weight is 236 g/mol. The van der Waals surface area contributed by atoms with Crippen molar-refractivity contribution in [1.82, 2.24) is 10.3 Å². The maximum atomic E-state index is 11.5. The Labute approximate surface area is 102 Å². The molecule has 0 aromatic carbocycles. The van der Waals surface area contributed by atoms with Crippen LogP contribution in [0.3, 0.4) is 0 Å². The molecule has 2 N–H and O–H groups in total. The van der Waals surface area contributed by atoms with Gasteiger partial charge in [0.15, 0.2) is 0 Å². The van der Waals surface area contributed by atoms with Gasteiger partial charge in [0.1, 0.15) is 0 Å². The Morgan fingerprint density at radius 3 is 2.82 bits per heavy atom. The van der Waals surface area contributed by atoms with Crippen molar-refractivity contribution < 1.29 is 9.90 Å². The zero-order chi connectivity index (χ0) is 12.5. The van der Waals surface area contributed by atoms with Crippen molar-refractivity contribution in [2.45, 2.75) is 26.2 Å². The minimum atomic E-state index is 0.0617. The molecule has 1 heterocycles. The normalized spacial score (nSPS) is 12.1. The highest BCUT2D eigenvalue weighted by atomic mass is 16.3. The fraction of sp³-hybridized carbons (Fsp3) is 0.538. The van der Waals surface area contributed by atoms with Gasteiger partial charge in [-0.25, -0.2) is 0 Å². The standard InChI is InChI=1S/C13H20N2O2/c1-11(6-9-16)10-15-13(17)3-2-12-4-7-14-8-5-12/h4-5,7-8,11,16H,2-3,6,9-10H2,1H3,(H,15,17). The van der Waals surface area contributed by atoms with Crippen LogP contribution in [0.15, 0.2) is 24.5 Å². The molecule has 0 bridgehead atoms. The van der Waals surface area contributed by atoms with Crippen molar-refractivity contribution >= 4 is 5.91 Å². The summed E-state index contributed by atoms with van der Waals surface area (Å²) in [6.07, 6.45) is 5.43. The van der Waals surface area contributed by atoms with Gasteiger partial charge in [-0.2, -0.15) is 0 Å². The SMILES string of the molecule is CC(CCO)CNC(=O)CCc1ccncc1. The summed E-state index contributed by atoms with van der Waals surface area (Å²) in [4.78, 5) is 15.5. The van der Waals surface area contributed by atoms with E-state index in [1.165, 1.54) is 0 Å². The Morgan fingerprint density at radius 1 is 1.47 bits per heavy atom. The zero-order valence-corrected chi connectivity index (χ0v) is 10.2. The second-order valence-corrected chi connectivity index (χ2v) is 4.28. The van der Waals surface area contributed by atoms with E-state index in [-0.39, 0.29) is 12.5 Å². The molecule has 4 heteroatoms. The van der Waals surface area contributed by atoms with Crippen LogP contribution in [0, 0.1) is 5.92 Å². The number of rotatable bonds is 7. The number of carbonyl (C=O) groups is 1. The first-order chi connectivity index (χ1) is 8.22. The number of aromatic nitrogens is 1. The van der Waals surface area contributed by atoms with Crippen LogP contribution in [0.5, 0.6) is 0 Å². The van der Waals surface area contributed by atoms with Crippen molar-refractivity contribution in [2.75, 3.05) is 13.2 Å². The van der Waals surface area contributed by atoms with E-state index in [9.17, 15) is 4.79 Å². The molecule has 1 amide bonds. The van der Waals surface area contributed by atoms with Gasteiger partial charge >= 0.3 is 0 Å². The van der Waals surface area contributed by atoms with Crippen LogP contribution >= 0.6 is 0 Å². The highest BCUT2D eigenvalue weighted by Gasteiger charge is 2.05. The van der Waals surface area contributed by atoms with Crippen LogP contribution < -0.4 is 5.32 Å². The molecule has 4 nitrogen and oxygen atoms in total. The lowest BCUT2D eigenvalue weighted by atomic mass is 10.1. The van der Waals surface area contributed by atoms with Crippen molar-refractivity contribution in [3.63, 3.8) is 0 Å². The Hall–Kier alpha value is -1.42. The minimum absolute atomic E-state index is 0.0617. The lowest BCUT2D eigenvalue weighted by molar-refractivity contribution is -0.121. The number of aryl methyl sites for hydroxylation is 1. The average Bonchev–Trinajstić information content (AvgIpc) is 2.35. The van der Waals surface area contributed by atoms with E-state index in [2.05, 4.69) is 10.3 Å². The highest BCUT2D eigenvalue weighted by Crippen LogP contribution is 2.02. The second-order valence-electron chi connectivity index (χ2n) is 4.28. The molecule has 0 saturated heterocycles. The summed E-state index contributed by atoms with van der Waals surface area (Å²) in [6, 6.07) is 3.84. The molecule has 0 aliphatic carbocycles. The van der Waals surface area contributed by atoms with Gasteiger partial charge in [-0.15, -0.1) is 0 Å². The van der Waals surface area contributed by atoms with E-state index < -0.39 is 0 Å². The lowest BCUT2D eigenvalue weighted by Crippen LogP contribution is -2.28. The molecule has 1 unspecified atom stereocenters. The van der Waals surface area contributed by atoms with Gasteiger partial charge in [0.05, 0.1) is 0 Å². The maximum absolute atomic E-state index is 11.5. The van der Waals surface area contributed by atoms with Gasteiger partial charge in [0.2, 0.25) is 5.91 Å². The van der Waals surface area contributed by atoms with E-state index in [0.717, 1.165) is 18.4 Å². The van der Waals surface area contributed by atoms with Gasteiger partial charge in [0, 0.05) is 32.0 Å². The summed E-state index contributed by atoms with van der Waals surface area (Å²) in [7, 11) is 0. The summed E-state index contributed by atoms with van der Waals surface area (Å²) >= 11 is 0. The number of pyridine rings is 1. The molecule has 1 aromatic rings. The third-order valence-electron chi connectivity index (χ3n) is 2.66. The molecular formula is C13H20N2O2. The number of aliphatic hydroxyl groups excluding tert-OH is 1. The van der Waals surface area contributed by atoms with E-state index in [4.69, 9.17) is 5.11 Å². The molecule has 0 fully saturated rings. The molecule has 0 spiro atoms. The van der Waals surface area contributed by atoms with Crippen LogP contribution in [-0.2, 0) is 11.2 Å². The molecule has 1 aromatic heterocycles. The van der Waals surface area contributed by atoms with Gasteiger partial charge in [-0.05, 0) is 36.5 Å². The minimum Gasteiger partial charge on any atom is -0.396 e. The molecule has 17 heavy (non-hydrogen) atoms. The van der Waals surface area contributed by atoms with Gasteiger partial charge in [-0.3, -0.25) is 9.78 Å². The van der Waals surface area contributed by atoms with Gasteiger partial charge in [-0.1, -0.05) is 6.92 Å². The summed E-state index contributed by atoms with van der Waals surface area (Å²) in [5.41, 5.74) is 1.12. The highest BCUT2D eigenvalue weighted by molar-refractivity contribution is 5.76. The van der Waals surface area contributed by atoms with Crippen molar-refractivity contribution in [3.8, 4) is 0 Å². The largest absolute Gasteiger partial charge is 0.396 e. The first-order valence-corrected chi connectivity index (χ1v) is 5.99. The number of hydrogen-bond donors (Lipinski definition) is 2. The van der Waals surface area contributed by atoms with Gasteiger partial charge in [0.25, 0.3) is 0 Å². The Morgan fingerprint density at radius 2 is 2.18 bits per heavy atom.